The predicted octanol–water partition coefficient (Wildman–Crippen LogP) is -2.34. The summed E-state index contributed by atoms with van der Waals surface area (Å²) in [5, 5.41) is 2.56. The zero-order valence-electron chi connectivity index (χ0n) is 6.41. The van der Waals surface area contributed by atoms with E-state index in [9.17, 15) is 0 Å². The Balaban J connectivity index is 0.000000500. The smallest absolute Gasteiger partial charge is 0.102 e. The van der Waals surface area contributed by atoms with Crippen molar-refractivity contribution in [1.82, 2.24) is 0 Å². The van der Waals surface area contributed by atoms with Crippen molar-refractivity contribution in [2.45, 2.75) is 44.1 Å². The lowest BCUT2D eigenvalue weighted by molar-refractivity contribution is -0.787. The van der Waals surface area contributed by atoms with Gasteiger partial charge < -0.3 is 29.3 Å². The Morgan fingerprint density at radius 3 is 1.80 bits per heavy atom. The fourth-order valence-corrected chi connectivity index (χ4v) is 2.26. The van der Waals surface area contributed by atoms with Crippen LogP contribution in [0.15, 0.2) is 0 Å². The van der Waals surface area contributed by atoms with Gasteiger partial charge in [0, 0.05) is 12.8 Å². The van der Waals surface area contributed by atoms with E-state index in [4.69, 9.17) is 0 Å². The number of rotatable bonds is 0. The minimum absolute atomic E-state index is 0. The van der Waals surface area contributed by atoms with Crippen molar-refractivity contribution < 1.29 is 29.3 Å². The molecule has 0 unspecified atom stereocenters. The molecule has 0 aromatic rings. The average Bonchev–Trinajstić information content (AvgIpc) is 1.87. The van der Waals surface area contributed by atoms with Crippen LogP contribution in [0.3, 0.4) is 0 Å². The third-order valence-corrected chi connectivity index (χ3v) is 3.07. The van der Waals surface area contributed by atoms with Crippen molar-refractivity contribution in [3.05, 3.63) is 0 Å². The summed E-state index contributed by atoms with van der Waals surface area (Å²) in [7, 11) is 0. The molecule has 0 aromatic heterocycles. The van der Waals surface area contributed by atoms with E-state index in [1.807, 2.05) is 0 Å². The van der Waals surface area contributed by atoms with Gasteiger partial charge in [-0.3, -0.25) is 0 Å². The highest BCUT2D eigenvalue weighted by Crippen LogP contribution is 2.29. The Hall–Kier alpha value is 0.690. The first-order valence-corrected chi connectivity index (χ1v) is 4.26. The van der Waals surface area contributed by atoms with Gasteiger partial charge in [-0.2, -0.15) is 0 Å². The molecule has 60 valence electrons. The van der Waals surface area contributed by atoms with Gasteiger partial charge in [0.15, 0.2) is 0 Å². The van der Waals surface area contributed by atoms with Crippen molar-refractivity contribution in [2.75, 3.05) is 6.54 Å². The first kappa shape index (κ1) is 8.78. The molecule has 2 heteroatoms. The molecule has 0 bridgehead atoms. The molecule has 0 aromatic carbocycles. The maximum absolute atomic E-state index is 2.56. The number of nitrogens with two attached hydrogens (primary N) is 1. The normalized spacial score (nSPS) is 28.8. The second kappa shape index (κ2) is 3.39. The van der Waals surface area contributed by atoms with Crippen LogP contribution in [0, 0.1) is 0 Å². The highest BCUT2D eigenvalue weighted by atomic mass is 127. The summed E-state index contributed by atoms with van der Waals surface area (Å²) in [5.74, 6) is 0. The molecule has 1 heterocycles. The van der Waals surface area contributed by atoms with E-state index < -0.39 is 0 Å². The van der Waals surface area contributed by atoms with Gasteiger partial charge in [0.1, 0.15) is 5.54 Å². The van der Waals surface area contributed by atoms with Crippen LogP contribution in [0.2, 0.25) is 0 Å². The molecule has 1 aliphatic carbocycles. The van der Waals surface area contributed by atoms with E-state index >= 15 is 0 Å². The summed E-state index contributed by atoms with van der Waals surface area (Å²) in [6.07, 6.45) is 9.01. The standard InChI is InChI=1S/C8H15N.HI/c1-2-4-8(5-3-1)6-7-9-8;/h9H,1-7H2;1H. The summed E-state index contributed by atoms with van der Waals surface area (Å²) in [5.41, 5.74) is 0.776. The van der Waals surface area contributed by atoms with Gasteiger partial charge in [-0.1, -0.05) is 6.42 Å². The van der Waals surface area contributed by atoms with Crippen LogP contribution in [0.25, 0.3) is 0 Å². The molecule has 1 nitrogen and oxygen atoms in total. The van der Waals surface area contributed by atoms with Gasteiger partial charge in [0.25, 0.3) is 0 Å². The number of halogens is 1. The van der Waals surface area contributed by atoms with Crippen LogP contribution in [0.1, 0.15) is 38.5 Å². The van der Waals surface area contributed by atoms with E-state index in [0.29, 0.717) is 0 Å². The monoisotopic (exact) mass is 253 g/mol. The zero-order valence-corrected chi connectivity index (χ0v) is 8.56. The van der Waals surface area contributed by atoms with Crippen LogP contribution >= 0.6 is 0 Å². The number of hydrogen-bond donors (Lipinski definition) is 1. The van der Waals surface area contributed by atoms with Crippen LogP contribution < -0.4 is 29.3 Å². The van der Waals surface area contributed by atoms with E-state index in [0.717, 1.165) is 5.54 Å². The Morgan fingerprint density at radius 1 is 0.900 bits per heavy atom. The largest absolute Gasteiger partial charge is 1.00 e. The summed E-state index contributed by atoms with van der Waals surface area (Å²) < 4.78 is 0. The molecule has 10 heavy (non-hydrogen) atoms. The summed E-state index contributed by atoms with van der Waals surface area (Å²) in [4.78, 5) is 0. The van der Waals surface area contributed by atoms with Gasteiger partial charge in [-0.15, -0.1) is 0 Å². The van der Waals surface area contributed by atoms with E-state index in [1.54, 1.807) is 0 Å². The minimum Gasteiger partial charge on any atom is -1.00 e. The maximum atomic E-state index is 2.56. The molecule has 1 saturated heterocycles. The fourth-order valence-electron chi connectivity index (χ4n) is 2.26. The third kappa shape index (κ3) is 1.47. The van der Waals surface area contributed by atoms with Crippen molar-refractivity contribution in [3.8, 4) is 0 Å². The van der Waals surface area contributed by atoms with Crippen LogP contribution in [-0.4, -0.2) is 12.1 Å². The SMILES string of the molecule is C1CCC2(CC1)CC[NH2+]2.[I-]. The van der Waals surface area contributed by atoms with E-state index in [2.05, 4.69) is 5.32 Å². The molecular formula is C8H16IN. The van der Waals surface area contributed by atoms with Crippen molar-refractivity contribution in [1.29, 1.82) is 0 Å². The average molecular weight is 253 g/mol. The lowest BCUT2D eigenvalue weighted by Gasteiger charge is -2.41. The number of quaternary nitrogens is 1. The molecule has 0 radical (unpaired) electrons. The van der Waals surface area contributed by atoms with Crippen LogP contribution in [0.5, 0.6) is 0 Å². The van der Waals surface area contributed by atoms with Gasteiger partial charge in [-0.05, 0) is 12.8 Å². The van der Waals surface area contributed by atoms with Crippen molar-refractivity contribution in [3.63, 3.8) is 0 Å². The zero-order chi connectivity index (χ0) is 6.16. The Labute approximate surface area is 80.0 Å². The quantitative estimate of drug-likeness (QED) is 0.466. The lowest BCUT2D eigenvalue weighted by Crippen LogP contribution is -3.05. The highest BCUT2D eigenvalue weighted by Gasteiger charge is 2.41. The predicted molar refractivity (Wildman–Crippen MR) is 37.2 cm³/mol. The van der Waals surface area contributed by atoms with Crippen LogP contribution in [-0.2, 0) is 0 Å². The second-order valence-corrected chi connectivity index (χ2v) is 3.67. The molecule has 0 atom stereocenters. The molecule has 1 spiro atoms. The molecule has 2 N–H and O–H groups in total. The number of hydrogen-bond acceptors (Lipinski definition) is 0. The van der Waals surface area contributed by atoms with Gasteiger partial charge >= 0.3 is 0 Å². The maximum Gasteiger partial charge on any atom is 0.102 e. The fraction of sp³-hybridized carbons (Fsp3) is 1.00. The first-order valence-electron chi connectivity index (χ1n) is 4.26. The van der Waals surface area contributed by atoms with Gasteiger partial charge in [0.2, 0.25) is 0 Å². The minimum atomic E-state index is 0. The lowest BCUT2D eigenvalue weighted by atomic mass is 9.75. The molecule has 1 saturated carbocycles. The molecular weight excluding hydrogens is 237 g/mol. The van der Waals surface area contributed by atoms with Crippen LogP contribution in [0.4, 0.5) is 0 Å². The van der Waals surface area contributed by atoms with Gasteiger partial charge in [-0.25, -0.2) is 0 Å². The first-order chi connectivity index (χ1) is 4.41. The summed E-state index contributed by atoms with van der Waals surface area (Å²) in [6.45, 7) is 1.40. The molecule has 1 aliphatic heterocycles. The summed E-state index contributed by atoms with van der Waals surface area (Å²) in [6, 6.07) is 0. The topological polar surface area (TPSA) is 16.6 Å². The van der Waals surface area contributed by atoms with E-state index in [-0.39, 0.29) is 24.0 Å². The molecule has 2 fully saturated rings. The Morgan fingerprint density at radius 2 is 1.50 bits per heavy atom. The Bertz CT molecular complexity index is 102. The van der Waals surface area contributed by atoms with Crippen molar-refractivity contribution in [2.24, 2.45) is 0 Å². The van der Waals surface area contributed by atoms with Gasteiger partial charge in [0.05, 0.1) is 13.0 Å². The second-order valence-electron chi connectivity index (χ2n) is 3.67. The van der Waals surface area contributed by atoms with Crippen molar-refractivity contribution >= 4 is 0 Å². The third-order valence-electron chi connectivity index (χ3n) is 3.07. The Kier molecular flexibility index (Phi) is 2.98. The highest BCUT2D eigenvalue weighted by molar-refractivity contribution is 4.85. The molecule has 2 rings (SSSR count). The summed E-state index contributed by atoms with van der Waals surface area (Å²) >= 11 is 0. The van der Waals surface area contributed by atoms with E-state index in [1.165, 1.54) is 45.1 Å². The molecule has 0 amide bonds. The molecule has 2 aliphatic rings.